The van der Waals surface area contributed by atoms with Crippen molar-refractivity contribution in [2.45, 2.75) is 16.8 Å². The second-order valence-electron chi connectivity index (χ2n) is 3.79. The molecule has 6 heteroatoms. The van der Waals surface area contributed by atoms with Crippen LogP contribution in [-0.4, -0.2) is 9.55 Å². The normalized spacial score (nSPS) is 10.9. The van der Waals surface area contributed by atoms with Gasteiger partial charge in [-0.25, -0.2) is 13.8 Å². The standard InChI is InChI=1S/C12H11ClF2N2S/c1-17-11(5-13)6-16-12(17)18-7-8-2-9(14)4-10(15)3-8/h2-4,6H,5,7H2,1H3. The van der Waals surface area contributed by atoms with Gasteiger partial charge in [-0.15, -0.1) is 11.6 Å². The lowest BCUT2D eigenvalue weighted by Gasteiger charge is -2.04. The molecule has 0 saturated carbocycles. The van der Waals surface area contributed by atoms with Crippen LogP contribution in [0.15, 0.2) is 29.6 Å². The molecule has 2 aromatic rings. The van der Waals surface area contributed by atoms with E-state index in [2.05, 4.69) is 4.98 Å². The Labute approximate surface area is 113 Å². The number of alkyl halides is 1. The van der Waals surface area contributed by atoms with Crippen molar-refractivity contribution in [3.05, 3.63) is 47.3 Å². The van der Waals surface area contributed by atoms with Crippen LogP contribution in [-0.2, 0) is 18.7 Å². The minimum atomic E-state index is -0.563. The Morgan fingerprint density at radius 3 is 2.50 bits per heavy atom. The number of nitrogens with zero attached hydrogens (tertiary/aromatic N) is 2. The first-order chi connectivity index (χ1) is 8.60. The third kappa shape index (κ3) is 3.03. The molecule has 0 aliphatic heterocycles. The molecule has 0 radical (unpaired) electrons. The Hall–Kier alpha value is -1.07. The summed E-state index contributed by atoms with van der Waals surface area (Å²) in [5.41, 5.74) is 1.50. The molecule has 0 unspecified atom stereocenters. The number of halogens is 3. The van der Waals surface area contributed by atoms with Crippen LogP contribution in [0.3, 0.4) is 0 Å². The first kappa shape index (κ1) is 13.4. The van der Waals surface area contributed by atoms with Crippen LogP contribution in [0.5, 0.6) is 0 Å². The summed E-state index contributed by atoms with van der Waals surface area (Å²) in [7, 11) is 1.86. The van der Waals surface area contributed by atoms with Gasteiger partial charge in [0.15, 0.2) is 5.16 Å². The van der Waals surface area contributed by atoms with E-state index >= 15 is 0 Å². The van der Waals surface area contributed by atoms with Gasteiger partial charge in [0.05, 0.1) is 17.8 Å². The number of rotatable bonds is 4. The van der Waals surface area contributed by atoms with E-state index in [9.17, 15) is 8.78 Å². The van der Waals surface area contributed by atoms with Gasteiger partial charge in [0.25, 0.3) is 0 Å². The topological polar surface area (TPSA) is 17.8 Å². The highest BCUT2D eigenvalue weighted by Crippen LogP contribution is 2.23. The second-order valence-corrected chi connectivity index (χ2v) is 5.00. The molecule has 0 bridgehead atoms. The quantitative estimate of drug-likeness (QED) is 0.630. The zero-order valence-corrected chi connectivity index (χ0v) is 11.2. The maximum absolute atomic E-state index is 13.0. The molecule has 1 heterocycles. The molecule has 0 N–H and O–H groups in total. The van der Waals surface area contributed by atoms with Crippen molar-refractivity contribution in [1.29, 1.82) is 0 Å². The van der Waals surface area contributed by atoms with Crippen LogP contribution >= 0.6 is 23.4 Å². The first-order valence-electron chi connectivity index (χ1n) is 5.24. The average Bonchev–Trinajstić information content (AvgIpc) is 2.66. The second kappa shape index (κ2) is 5.71. The fourth-order valence-electron chi connectivity index (χ4n) is 1.53. The predicted octanol–water partition coefficient (Wildman–Crippen LogP) is 3.73. The number of benzene rings is 1. The molecule has 18 heavy (non-hydrogen) atoms. The van der Waals surface area contributed by atoms with Crippen molar-refractivity contribution in [3.63, 3.8) is 0 Å². The van der Waals surface area contributed by atoms with Gasteiger partial charge in [-0.3, -0.25) is 0 Å². The van der Waals surface area contributed by atoms with Gasteiger partial charge in [0.2, 0.25) is 0 Å². The molecule has 2 nitrogen and oxygen atoms in total. The van der Waals surface area contributed by atoms with E-state index in [4.69, 9.17) is 11.6 Å². The smallest absolute Gasteiger partial charge is 0.168 e. The summed E-state index contributed by atoms with van der Waals surface area (Å²) in [5.74, 6) is -0.279. The number of hydrogen-bond donors (Lipinski definition) is 0. The molecule has 0 spiro atoms. The van der Waals surface area contributed by atoms with Crippen molar-refractivity contribution < 1.29 is 8.78 Å². The summed E-state index contributed by atoms with van der Waals surface area (Å²) in [6.45, 7) is 0. The van der Waals surface area contributed by atoms with E-state index in [-0.39, 0.29) is 0 Å². The van der Waals surface area contributed by atoms with Gasteiger partial charge >= 0.3 is 0 Å². The SMILES string of the molecule is Cn1c(CCl)cnc1SCc1cc(F)cc(F)c1. The van der Waals surface area contributed by atoms with E-state index in [0.717, 1.165) is 16.9 Å². The number of thioether (sulfide) groups is 1. The summed E-state index contributed by atoms with van der Waals surface area (Å²) in [6, 6.07) is 3.50. The van der Waals surface area contributed by atoms with Gasteiger partial charge < -0.3 is 4.57 Å². The Bertz CT molecular complexity index is 537. The molecule has 0 atom stereocenters. The Morgan fingerprint density at radius 2 is 1.94 bits per heavy atom. The van der Waals surface area contributed by atoms with Crippen LogP contribution in [0.2, 0.25) is 0 Å². The number of imidazole rings is 1. The molecule has 96 valence electrons. The highest BCUT2D eigenvalue weighted by atomic mass is 35.5. The van der Waals surface area contributed by atoms with Gasteiger partial charge in [-0.05, 0) is 17.7 Å². The lowest BCUT2D eigenvalue weighted by Crippen LogP contribution is -1.96. The minimum absolute atomic E-state index is 0.388. The number of aromatic nitrogens is 2. The van der Waals surface area contributed by atoms with Crippen molar-refractivity contribution >= 4 is 23.4 Å². The van der Waals surface area contributed by atoms with Crippen molar-refractivity contribution in [3.8, 4) is 0 Å². The first-order valence-corrected chi connectivity index (χ1v) is 6.76. The number of hydrogen-bond acceptors (Lipinski definition) is 2. The molecule has 0 fully saturated rings. The zero-order chi connectivity index (χ0) is 13.1. The fraction of sp³-hybridized carbons (Fsp3) is 0.250. The lowest BCUT2D eigenvalue weighted by molar-refractivity contribution is 0.581. The maximum atomic E-state index is 13.0. The van der Waals surface area contributed by atoms with E-state index in [1.165, 1.54) is 23.9 Å². The predicted molar refractivity (Wildman–Crippen MR) is 68.7 cm³/mol. The van der Waals surface area contributed by atoms with E-state index in [0.29, 0.717) is 17.2 Å². The zero-order valence-electron chi connectivity index (χ0n) is 9.66. The van der Waals surface area contributed by atoms with Gasteiger partial charge in [-0.1, -0.05) is 11.8 Å². The van der Waals surface area contributed by atoms with Gasteiger partial charge in [-0.2, -0.15) is 0 Å². The molecule has 0 amide bonds. The van der Waals surface area contributed by atoms with Gasteiger partial charge in [0.1, 0.15) is 11.6 Å². The average molecular weight is 289 g/mol. The van der Waals surface area contributed by atoms with Crippen LogP contribution in [0.4, 0.5) is 8.78 Å². The van der Waals surface area contributed by atoms with Gasteiger partial charge in [0, 0.05) is 18.9 Å². The summed E-state index contributed by atoms with van der Waals surface area (Å²) in [5, 5.41) is 0.773. The van der Waals surface area contributed by atoms with Crippen LogP contribution in [0.1, 0.15) is 11.3 Å². The van der Waals surface area contributed by atoms with E-state index in [1.807, 2.05) is 11.6 Å². The highest BCUT2D eigenvalue weighted by molar-refractivity contribution is 7.98. The summed E-state index contributed by atoms with van der Waals surface area (Å²) >= 11 is 7.15. The lowest BCUT2D eigenvalue weighted by atomic mass is 10.2. The van der Waals surface area contributed by atoms with Crippen LogP contribution in [0.25, 0.3) is 0 Å². The molecule has 0 aliphatic rings. The summed E-state index contributed by atoms with van der Waals surface area (Å²) in [6.07, 6.45) is 1.70. The Balaban J connectivity index is 2.09. The van der Waals surface area contributed by atoms with E-state index in [1.54, 1.807) is 6.20 Å². The third-order valence-electron chi connectivity index (χ3n) is 2.47. The van der Waals surface area contributed by atoms with E-state index < -0.39 is 11.6 Å². The molecule has 1 aromatic heterocycles. The fourth-order valence-corrected chi connectivity index (χ4v) is 2.68. The van der Waals surface area contributed by atoms with Crippen molar-refractivity contribution in [1.82, 2.24) is 9.55 Å². The minimum Gasteiger partial charge on any atom is -0.325 e. The maximum Gasteiger partial charge on any atom is 0.168 e. The molecular weight excluding hydrogens is 278 g/mol. The van der Waals surface area contributed by atoms with Crippen LogP contribution in [0, 0.1) is 11.6 Å². The molecule has 0 saturated heterocycles. The molecular formula is C12H11ClF2N2S. The Kier molecular flexibility index (Phi) is 4.24. The van der Waals surface area contributed by atoms with Crippen molar-refractivity contribution in [2.24, 2.45) is 7.05 Å². The van der Waals surface area contributed by atoms with Crippen LogP contribution < -0.4 is 0 Å². The Morgan fingerprint density at radius 1 is 1.28 bits per heavy atom. The third-order valence-corrected chi connectivity index (χ3v) is 3.86. The molecule has 2 rings (SSSR count). The molecule has 1 aromatic carbocycles. The summed E-state index contributed by atoms with van der Waals surface area (Å²) in [4.78, 5) is 4.20. The summed E-state index contributed by atoms with van der Waals surface area (Å²) < 4.78 is 27.9. The van der Waals surface area contributed by atoms with Crippen molar-refractivity contribution in [2.75, 3.05) is 0 Å². The monoisotopic (exact) mass is 288 g/mol. The molecule has 0 aliphatic carbocycles. The highest BCUT2D eigenvalue weighted by Gasteiger charge is 2.07. The largest absolute Gasteiger partial charge is 0.325 e.